The summed E-state index contributed by atoms with van der Waals surface area (Å²) in [6.07, 6.45) is 11.9. The average molecular weight is 316 g/mol. The third-order valence-corrected chi connectivity index (χ3v) is 8.06. The van der Waals surface area contributed by atoms with E-state index >= 15 is 0 Å². The molecule has 1 N–H and O–H groups in total. The summed E-state index contributed by atoms with van der Waals surface area (Å²) in [5.41, 5.74) is 0.412. The first-order valence-electron chi connectivity index (χ1n) is 10.2. The first-order chi connectivity index (χ1) is 11.2. The molecule has 3 nitrogen and oxygen atoms in total. The predicted molar refractivity (Wildman–Crippen MR) is 90.9 cm³/mol. The summed E-state index contributed by atoms with van der Waals surface area (Å²) in [5.74, 6) is 5.04. The normalized spacial score (nSPS) is 48.3. The van der Waals surface area contributed by atoms with Gasteiger partial charge in [-0.3, -0.25) is 4.79 Å². The second-order valence-electron chi connectivity index (χ2n) is 9.73. The van der Waals surface area contributed by atoms with Gasteiger partial charge in [-0.15, -0.1) is 0 Å². The SMILES string of the molecule is O=C(CC12CC3CC(CC(C3)C1)C2)N1CC[C@@H]2CNC[C@@H]2CC1. The van der Waals surface area contributed by atoms with Gasteiger partial charge in [-0.25, -0.2) is 0 Å². The van der Waals surface area contributed by atoms with Crippen molar-refractivity contribution in [2.24, 2.45) is 35.0 Å². The molecule has 6 fully saturated rings. The molecular weight excluding hydrogens is 284 g/mol. The summed E-state index contributed by atoms with van der Waals surface area (Å²) in [7, 11) is 0. The van der Waals surface area contributed by atoms with Gasteiger partial charge in [0, 0.05) is 19.5 Å². The Bertz CT molecular complexity index is 439. The van der Waals surface area contributed by atoms with Crippen LogP contribution in [-0.4, -0.2) is 37.0 Å². The van der Waals surface area contributed by atoms with Crippen LogP contribution in [0, 0.1) is 35.0 Å². The van der Waals surface area contributed by atoms with Gasteiger partial charge in [0.2, 0.25) is 5.91 Å². The Morgan fingerprint density at radius 1 is 0.913 bits per heavy atom. The highest BCUT2D eigenvalue weighted by atomic mass is 16.2. The first kappa shape index (κ1) is 14.7. The fourth-order valence-electron chi connectivity index (χ4n) is 7.41. The summed E-state index contributed by atoms with van der Waals surface area (Å²) in [4.78, 5) is 15.3. The molecule has 2 heterocycles. The van der Waals surface area contributed by atoms with Crippen molar-refractivity contribution >= 4 is 5.91 Å². The van der Waals surface area contributed by atoms with Crippen molar-refractivity contribution in [2.45, 2.75) is 57.8 Å². The van der Waals surface area contributed by atoms with E-state index in [0.29, 0.717) is 11.3 Å². The number of nitrogens with zero attached hydrogens (tertiary/aromatic N) is 1. The lowest BCUT2D eigenvalue weighted by molar-refractivity contribution is -0.139. The van der Waals surface area contributed by atoms with E-state index in [-0.39, 0.29) is 0 Å². The fraction of sp³-hybridized carbons (Fsp3) is 0.950. The highest BCUT2D eigenvalue weighted by molar-refractivity contribution is 5.77. The van der Waals surface area contributed by atoms with E-state index in [9.17, 15) is 4.79 Å². The number of fused-ring (bicyclic) bond motifs is 1. The smallest absolute Gasteiger partial charge is 0.223 e. The summed E-state index contributed by atoms with van der Waals surface area (Å²) < 4.78 is 0. The molecule has 0 unspecified atom stereocenters. The van der Waals surface area contributed by atoms with Crippen LogP contribution in [0.25, 0.3) is 0 Å². The maximum Gasteiger partial charge on any atom is 0.223 e. The lowest BCUT2D eigenvalue weighted by Gasteiger charge is -2.57. The van der Waals surface area contributed by atoms with Crippen molar-refractivity contribution in [3.8, 4) is 0 Å². The summed E-state index contributed by atoms with van der Waals surface area (Å²) in [6, 6.07) is 0. The van der Waals surface area contributed by atoms with Crippen LogP contribution < -0.4 is 5.32 Å². The number of hydrogen-bond donors (Lipinski definition) is 1. The van der Waals surface area contributed by atoms with Gasteiger partial charge in [0.1, 0.15) is 0 Å². The molecule has 6 rings (SSSR count). The predicted octanol–water partition coefficient (Wildman–Crippen LogP) is 3.05. The van der Waals surface area contributed by atoms with E-state index in [2.05, 4.69) is 10.2 Å². The van der Waals surface area contributed by atoms with E-state index in [1.54, 1.807) is 0 Å². The van der Waals surface area contributed by atoms with Crippen molar-refractivity contribution in [3.05, 3.63) is 0 Å². The second kappa shape index (κ2) is 5.47. The molecule has 0 spiro atoms. The number of amides is 1. The van der Waals surface area contributed by atoms with Gasteiger partial charge in [-0.2, -0.15) is 0 Å². The van der Waals surface area contributed by atoms with Crippen molar-refractivity contribution in [2.75, 3.05) is 26.2 Å². The molecule has 23 heavy (non-hydrogen) atoms. The summed E-state index contributed by atoms with van der Waals surface area (Å²) >= 11 is 0. The van der Waals surface area contributed by atoms with Crippen molar-refractivity contribution in [3.63, 3.8) is 0 Å². The molecule has 2 aliphatic heterocycles. The number of carbonyl (C=O) groups excluding carboxylic acids is 1. The van der Waals surface area contributed by atoms with Crippen LogP contribution in [0.2, 0.25) is 0 Å². The number of hydrogen-bond acceptors (Lipinski definition) is 2. The van der Waals surface area contributed by atoms with Gasteiger partial charge >= 0.3 is 0 Å². The lowest BCUT2D eigenvalue weighted by atomic mass is 9.49. The molecular formula is C20H32N2O. The van der Waals surface area contributed by atoms with E-state index in [1.807, 2.05) is 0 Å². The summed E-state index contributed by atoms with van der Waals surface area (Å²) in [5, 5.41) is 3.54. The van der Waals surface area contributed by atoms with E-state index in [4.69, 9.17) is 0 Å². The minimum Gasteiger partial charge on any atom is -0.343 e. The van der Waals surface area contributed by atoms with Gasteiger partial charge in [-0.05, 0) is 99.5 Å². The van der Waals surface area contributed by atoms with Crippen LogP contribution in [0.4, 0.5) is 0 Å². The van der Waals surface area contributed by atoms with E-state index < -0.39 is 0 Å². The topological polar surface area (TPSA) is 32.3 Å². The Balaban J connectivity index is 1.25. The van der Waals surface area contributed by atoms with Crippen molar-refractivity contribution < 1.29 is 4.79 Å². The zero-order valence-corrected chi connectivity index (χ0v) is 14.4. The Hall–Kier alpha value is -0.570. The minimum absolute atomic E-state index is 0.412. The molecule has 1 amide bonds. The molecule has 0 aromatic carbocycles. The third-order valence-electron chi connectivity index (χ3n) is 8.06. The zero-order valence-electron chi connectivity index (χ0n) is 14.4. The minimum atomic E-state index is 0.412. The summed E-state index contributed by atoms with van der Waals surface area (Å²) in [6.45, 7) is 4.41. The Morgan fingerprint density at radius 3 is 1.96 bits per heavy atom. The lowest BCUT2D eigenvalue weighted by Crippen LogP contribution is -2.48. The van der Waals surface area contributed by atoms with Crippen LogP contribution in [0.1, 0.15) is 57.8 Å². The number of likely N-dealkylation sites (tertiary alicyclic amines) is 1. The van der Waals surface area contributed by atoms with Crippen LogP contribution >= 0.6 is 0 Å². The molecule has 4 saturated carbocycles. The Labute approximate surface area is 140 Å². The first-order valence-corrected chi connectivity index (χ1v) is 10.2. The zero-order chi connectivity index (χ0) is 15.4. The van der Waals surface area contributed by atoms with Gasteiger partial charge < -0.3 is 10.2 Å². The number of rotatable bonds is 2. The molecule has 6 aliphatic rings. The highest BCUT2D eigenvalue weighted by Crippen LogP contribution is 2.61. The largest absolute Gasteiger partial charge is 0.343 e. The van der Waals surface area contributed by atoms with E-state index in [0.717, 1.165) is 49.1 Å². The molecule has 0 radical (unpaired) electrons. The quantitative estimate of drug-likeness (QED) is 0.849. The molecule has 2 atom stereocenters. The Kier molecular flexibility index (Phi) is 3.51. The van der Waals surface area contributed by atoms with Crippen LogP contribution in [-0.2, 0) is 4.79 Å². The standard InChI is InChI=1S/C20H32N2O/c23-19(22-3-1-17-12-21-13-18(17)2-4-22)11-20-8-14-5-15(9-20)7-16(6-14)10-20/h14-18,21H,1-13H2/t14?,15?,16?,17-,18+,20?. The molecule has 0 aromatic rings. The highest BCUT2D eigenvalue weighted by Gasteiger charge is 2.51. The monoisotopic (exact) mass is 316 g/mol. The van der Waals surface area contributed by atoms with Gasteiger partial charge in [0.15, 0.2) is 0 Å². The molecule has 0 aromatic heterocycles. The third kappa shape index (κ3) is 2.63. The average Bonchev–Trinajstić information content (AvgIpc) is 2.83. The molecule has 128 valence electrons. The molecule has 2 saturated heterocycles. The number of nitrogens with one attached hydrogen (secondary N) is 1. The second-order valence-corrected chi connectivity index (χ2v) is 9.73. The van der Waals surface area contributed by atoms with Gasteiger partial charge in [-0.1, -0.05) is 0 Å². The molecule has 3 heteroatoms. The van der Waals surface area contributed by atoms with E-state index in [1.165, 1.54) is 64.5 Å². The Morgan fingerprint density at radius 2 is 1.43 bits per heavy atom. The maximum atomic E-state index is 13.1. The van der Waals surface area contributed by atoms with Crippen LogP contribution in [0.15, 0.2) is 0 Å². The van der Waals surface area contributed by atoms with Crippen LogP contribution in [0.3, 0.4) is 0 Å². The molecule has 4 aliphatic carbocycles. The fourth-order valence-corrected chi connectivity index (χ4v) is 7.41. The van der Waals surface area contributed by atoms with Crippen molar-refractivity contribution in [1.82, 2.24) is 10.2 Å². The maximum absolute atomic E-state index is 13.1. The molecule has 4 bridgehead atoms. The van der Waals surface area contributed by atoms with Gasteiger partial charge in [0.05, 0.1) is 0 Å². The van der Waals surface area contributed by atoms with Crippen molar-refractivity contribution in [1.29, 1.82) is 0 Å². The van der Waals surface area contributed by atoms with Crippen LogP contribution in [0.5, 0.6) is 0 Å². The van der Waals surface area contributed by atoms with Gasteiger partial charge in [0.25, 0.3) is 0 Å². The number of carbonyl (C=O) groups is 1.